The number of benzene rings is 1. The zero-order valence-corrected chi connectivity index (χ0v) is 11.2. The van der Waals surface area contributed by atoms with E-state index in [-0.39, 0.29) is 0 Å². The molecule has 0 bridgehead atoms. The van der Waals surface area contributed by atoms with E-state index in [4.69, 9.17) is 11.6 Å². The molecule has 0 saturated carbocycles. The van der Waals surface area contributed by atoms with Crippen molar-refractivity contribution in [3.8, 4) is 11.4 Å². The topological polar surface area (TPSA) is 38.7 Å². The summed E-state index contributed by atoms with van der Waals surface area (Å²) < 4.78 is 0.943. The second-order valence-corrected chi connectivity index (χ2v) is 4.50. The molecule has 0 amide bonds. The molecule has 3 nitrogen and oxygen atoms in total. The summed E-state index contributed by atoms with van der Waals surface area (Å²) in [5, 5.41) is 0.613. The molecule has 2 rings (SSSR count). The predicted molar refractivity (Wildman–Crippen MR) is 65.7 cm³/mol. The largest absolute Gasteiger partial charge is 0.202 e. The predicted octanol–water partition coefficient (Wildman–Crippen LogP) is 3.72. The van der Waals surface area contributed by atoms with Crippen molar-refractivity contribution in [2.75, 3.05) is 0 Å². The third-order valence-electron chi connectivity index (χ3n) is 1.70. The van der Waals surface area contributed by atoms with Crippen LogP contribution in [0.3, 0.4) is 0 Å². The molecule has 1 heterocycles. The third-order valence-corrected chi connectivity index (χ3v) is 2.73. The second kappa shape index (κ2) is 4.55. The highest BCUT2D eigenvalue weighted by atomic mass is 79.9. The van der Waals surface area contributed by atoms with E-state index in [2.05, 4.69) is 46.8 Å². The van der Waals surface area contributed by atoms with Gasteiger partial charge < -0.3 is 0 Å². The van der Waals surface area contributed by atoms with Gasteiger partial charge in [0, 0.05) is 5.56 Å². The van der Waals surface area contributed by atoms with Gasteiger partial charge in [0.05, 0.1) is 5.02 Å². The maximum Gasteiger partial charge on any atom is 0.201 e. The summed E-state index contributed by atoms with van der Waals surface area (Å²) in [5.41, 5.74) is 0.781. The number of halogens is 3. The quantitative estimate of drug-likeness (QED) is 0.788. The number of hydrogen-bond donors (Lipinski definition) is 0. The Labute approximate surface area is 108 Å². The maximum absolute atomic E-state index is 6.03. The molecule has 1 aromatic carbocycles. The minimum Gasteiger partial charge on any atom is -0.202 e. The first-order chi connectivity index (χ1) is 7.16. The Kier molecular flexibility index (Phi) is 3.33. The summed E-state index contributed by atoms with van der Waals surface area (Å²) in [4.78, 5) is 12.2. The summed E-state index contributed by atoms with van der Waals surface area (Å²) in [6.07, 6.45) is 0. The Morgan fingerprint density at radius 2 is 1.53 bits per heavy atom. The molecule has 0 unspecified atom stereocenters. The van der Waals surface area contributed by atoms with Crippen LogP contribution in [0.4, 0.5) is 0 Å². The van der Waals surface area contributed by atoms with Crippen LogP contribution in [-0.4, -0.2) is 15.0 Å². The first-order valence-electron chi connectivity index (χ1n) is 3.99. The van der Waals surface area contributed by atoms with Crippen LogP contribution >= 0.6 is 43.5 Å². The minimum atomic E-state index is 0.472. The fraction of sp³-hybridized carbons (Fsp3) is 0. The van der Waals surface area contributed by atoms with Crippen molar-refractivity contribution >= 4 is 43.5 Å². The van der Waals surface area contributed by atoms with Gasteiger partial charge in [-0.3, -0.25) is 0 Å². The van der Waals surface area contributed by atoms with Crippen molar-refractivity contribution < 1.29 is 0 Å². The van der Waals surface area contributed by atoms with Gasteiger partial charge in [-0.1, -0.05) is 23.7 Å². The van der Waals surface area contributed by atoms with Gasteiger partial charge in [0.15, 0.2) is 5.82 Å². The molecule has 76 valence electrons. The van der Waals surface area contributed by atoms with E-state index < -0.39 is 0 Å². The van der Waals surface area contributed by atoms with Gasteiger partial charge >= 0.3 is 0 Å². The third kappa shape index (κ3) is 2.53. The van der Waals surface area contributed by atoms with Crippen LogP contribution in [0.5, 0.6) is 0 Å². The van der Waals surface area contributed by atoms with Crippen LogP contribution in [0.2, 0.25) is 5.02 Å². The van der Waals surface area contributed by atoms with E-state index in [0.29, 0.717) is 20.3 Å². The number of aromatic nitrogens is 3. The van der Waals surface area contributed by atoms with Crippen LogP contribution in [0, 0.1) is 0 Å². The lowest BCUT2D eigenvalue weighted by atomic mass is 10.2. The number of hydrogen-bond acceptors (Lipinski definition) is 3. The summed E-state index contributed by atoms with van der Waals surface area (Å²) in [7, 11) is 0. The van der Waals surface area contributed by atoms with Gasteiger partial charge in [0.25, 0.3) is 0 Å². The molecule has 0 N–H and O–H groups in total. The van der Waals surface area contributed by atoms with Crippen molar-refractivity contribution in [1.29, 1.82) is 0 Å². The van der Waals surface area contributed by atoms with Gasteiger partial charge in [-0.2, -0.15) is 4.98 Å². The normalized spacial score (nSPS) is 10.3. The Bertz CT molecular complexity index is 484. The molecular formula is C9H4Br2ClN3. The molecule has 0 fully saturated rings. The van der Waals surface area contributed by atoms with E-state index in [1.807, 2.05) is 18.2 Å². The summed E-state index contributed by atoms with van der Waals surface area (Å²) in [6, 6.07) is 7.39. The molecule has 0 spiro atoms. The molecule has 0 aliphatic carbocycles. The lowest BCUT2D eigenvalue weighted by molar-refractivity contribution is 0.984. The Morgan fingerprint density at radius 1 is 0.933 bits per heavy atom. The van der Waals surface area contributed by atoms with Crippen LogP contribution in [0.15, 0.2) is 33.7 Å². The summed E-state index contributed by atoms with van der Waals surface area (Å²) in [5.74, 6) is 0.536. The Balaban J connectivity index is 2.59. The van der Waals surface area contributed by atoms with Crippen LogP contribution in [-0.2, 0) is 0 Å². The molecule has 6 heteroatoms. The minimum absolute atomic E-state index is 0.472. The SMILES string of the molecule is Clc1ccccc1-c1nc(Br)nc(Br)n1. The fourth-order valence-electron chi connectivity index (χ4n) is 1.09. The highest BCUT2D eigenvalue weighted by Crippen LogP contribution is 2.25. The van der Waals surface area contributed by atoms with Gasteiger partial charge in [-0.15, -0.1) is 0 Å². The van der Waals surface area contributed by atoms with Crippen LogP contribution in [0.25, 0.3) is 11.4 Å². The van der Waals surface area contributed by atoms with Gasteiger partial charge in [0.1, 0.15) is 0 Å². The molecular weight excluding hydrogens is 345 g/mol. The average molecular weight is 349 g/mol. The van der Waals surface area contributed by atoms with E-state index in [1.165, 1.54) is 0 Å². The van der Waals surface area contributed by atoms with Crippen molar-refractivity contribution in [2.24, 2.45) is 0 Å². The molecule has 0 atom stereocenters. The maximum atomic E-state index is 6.03. The van der Waals surface area contributed by atoms with Gasteiger partial charge in [-0.25, -0.2) is 9.97 Å². The number of rotatable bonds is 1. The molecule has 1 aromatic heterocycles. The van der Waals surface area contributed by atoms with Crippen molar-refractivity contribution in [1.82, 2.24) is 15.0 Å². The molecule has 2 aromatic rings. The van der Waals surface area contributed by atoms with E-state index in [1.54, 1.807) is 6.07 Å². The first-order valence-corrected chi connectivity index (χ1v) is 5.95. The molecule has 0 aliphatic rings. The number of nitrogens with zero attached hydrogens (tertiary/aromatic N) is 3. The average Bonchev–Trinajstić information content (AvgIpc) is 2.16. The zero-order chi connectivity index (χ0) is 10.8. The lowest BCUT2D eigenvalue weighted by Gasteiger charge is -2.02. The standard InChI is InChI=1S/C9H4Br2ClN3/c10-8-13-7(14-9(11)15-8)5-3-1-2-4-6(5)12/h1-4H. The van der Waals surface area contributed by atoms with Crippen molar-refractivity contribution in [3.05, 3.63) is 38.8 Å². The highest BCUT2D eigenvalue weighted by Gasteiger charge is 2.08. The van der Waals surface area contributed by atoms with E-state index in [0.717, 1.165) is 5.56 Å². The highest BCUT2D eigenvalue weighted by molar-refractivity contribution is 9.11. The molecule has 0 radical (unpaired) electrons. The lowest BCUT2D eigenvalue weighted by Crippen LogP contribution is -1.94. The first kappa shape index (κ1) is 11.0. The zero-order valence-electron chi connectivity index (χ0n) is 7.28. The van der Waals surface area contributed by atoms with Gasteiger partial charge in [-0.05, 0) is 44.0 Å². The molecule has 0 aliphatic heterocycles. The van der Waals surface area contributed by atoms with Crippen LogP contribution < -0.4 is 0 Å². The fourth-order valence-corrected chi connectivity index (χ4v) is 2.22. The molecule has 15 heavy (non-hydrogen) atoms. The Morgan fingerprint density at radius 3 is 2.13 bits per heavy atom. The van der Waals surface area contributed by atoms with E-state index in [9.17, 15) is 0 Å². The van der Waals surface area contributed by atoms with Gasteiger partial charge in [0.2, 0.25) is 9.47 Å². The van der Waals surface area contributed by atoms with E-state index >= 15 is 0 Å². The summed E-state index contributed by atoms with van der Waals surface area (Å²) >= 11 is 12.4. The Hall–Kier alpha value is -0.520. The summed E-state index contributed by atoms with van der Waals surface area (Å²) in [6.45, 7) is 0. The van der Waals surface area contributed by atoms with Crippen molar-refractivity contribution in [3.63, 3.8) is 0 Å². The van der Waals surface area contributed by atoms with Crippen LogP contribution in [0.1, 0.15) is 0 Å². The second-order valence-electron chi connectivity index (χ2n) is 2.68. The molecule has 0 saturated heterocycles. The monoisotopic (exact) mass is 347 g/mol. The van der Waals surface area contributed by atoms with Crippen molar-refractivity contribution in [2.45, 2.75) is 0 Å². The smallest absolute Gasteiger partial charge is 0.201 e.